The van der Waals surface area contributed by atoms with Crippen molar-refractivity contribution in [2.75, 3.05) is 6.61 Å². The number of aromatic nitrogens is 3. The molecule has 3 heterocycles. The van der Waals surface area contributed by atoms with E-state index in [1.807, 2.05) is 26.8 Å². The van der Waals surface area contributed by atoms with Crippen molar-refractivity contribution in [3.05, 3.63) is 51.4 Å². The Morgan fingerprint density at radius 2 is 2.11 bits per heavy atom. The Balaban J connectivity index is 2.26. The molecule has 0 radical (unpaired) electrons. The molecule has 0 saturated carbocycles. The number of fused-ring (bicyclic) bond motifs is 2. The number of nitrogens with two attached hydrogens (primary N) is 1. The van der Waals surface area contributed by atoms with Crippen LogP contribution in [0.2, 0.25) is 0 Å². The predicted molar refractivity (Wildman–Crippen MR) is 102 cm³/mol. The highest BCUT2D eigenvalue weighted by Gasteiger charge is 2.16. The molecule has 0 atom stereocenters. The molecule has 0 fully saturated rings. The summed E-state index contributed by atoms with van der Waals surface area (Å²) in [6.45, 7) is 6.65. The number of hydrogen-bond donors (Lipinski definition) is 2. The van der Waals surface area contributed by atoms with Crippen LogP contribution in [0.1, 0.15) is 36.2 Å². The lowest BCUT2D eigenvalue weighted by atomic mass is 10.2. The van der Waals surface area contributed by atoms with Gasteiger partial charge in [0.2, 0.25) is 0 Å². The number of hydrogen-bond acceptors (Lipinski definition) is 5. The fourth-order valence-corrected chi connectivity index (χ4v) is 3.04. The molecule has 0 unspecified atom stereocenters. The fraction of sp³-hybridized carbons (Fsp3) is 0.368. The highest BCUT2D eigenvalue weighted by molar-refractivity contribution is 5.95. The maximum atomic E-state index is 13.0. The summed E-state index contributed by atoms with van der Waals surface area (Å²) in [5.74, 6) is -0.747. The first-order chi connectivity index (χ1) is 12.8. The molecule has 3 rings (SSSR count). The molecule has 8 heteroatoms. The molecule has 27 heavy (non-hydrogen) atoms. The van der Waals surface area contributed by atoms with E-state index in [1.165, 1.54) is 10.5 Å². The molecule has 0 aliphatic carbocycles. The van der Waals surface area contributed by atoms with E-state index in [-0.39, 0.29) is 28.1 Å². The average molecular weight is 369 g/mol. The summed E-state index contributed by atoms with van der Waals surface area (Å²) in [6, 6.07) is 5.00. The first-order valence-corrected chi connectivity index (χ1v) is 8.82. The van der Waals surface area contributed by atoms with Crippen LogP contribution in [-0.4, -0.2) is 32.6 Å². The van der Waals surface area contributed by atoms with Crippen LogP contribution in [0.25, 0.3) is 16.7 Å². The maximum Gasteiger partial charge on any atom is 0.267 e. The molecular formula is C19H23N5O3. The van der Waals surface area contributed by atoms with Gasteiger partial charge in [-0.3, -0.25) is 19.4 Å². The third-order valence-corrected chi connectivity index (χ3v) is 4.38. The molecule has 8 nitrogen and oxygen atoms in total. The molecule has 3 N–H and O–H groups in total. The number of aryl methyl sites for hydroxylation is 2. The number of carbonyl (C=O) groups is 1. The van der Waals surface area contributed by atoms with Crippen molar-refractivity contribution >= 4 is 22.6 Å². The van der Waals surface area contributed by atoms with Gasteiger partial charge in [-0.2, -0.15) is 0 Å². The van der Waals surface area contributed by atoms with Crippen LogP contribution in [0.4, 0.5) is 0 Å². The van der Waals surface area contributed by atoms with Gasteiger partial charge in [-0.15, -0.1) is 0 Å². The van der Waals surface area contributed by atoms with Crippen LogP contribution in [0.5, 0.6) is 0 Å². The number of rotatable bonds is 6. The molecule has 0 saturated heterocycles. The van der Waals surface area contributed by atoms with Gasteiger partial charge in [0.05, 0.1) is 17.1 Å². The van der Waals surface area contributed by atoms with E-state index in [1.54, 1.807) is 16.8 Å². The first kappa shape index (κ1) is 18.8. The van der Waals surface area contributed by atoms with Crippen LogP contribution >= 0.6 is 0 Å². The summed E-state index contributed by atoms with van der Waals surface area (Å²) in [5.41, 5.74) is 6.81. The summed E-state index contributed by atoms with van der Waals surface area (Å²) >= 11 is 0. The number of nitrogens with zero attached hydrogens (tertiary/aromatic N) is 3. The van der Waals surface area contributed by atoms with E-state index < -0.39 is 5.91 Å². The summed E-state index contributed by atoms with van der Waals surface area (Å²) < 4.78 is 8.56. The number of ether oxygens (including phenoxy) is 1. The van der Waals surface area contributed by atoms with Gasteiger partial charge in [-0.25, -0.2) is 4.98 Å². The molecule has 3 aromatic heterocycles. The number of amides is 1. The largest absolute Gasteiger partial charge is 0.379 e. The third kappa shape index (κ3) is 3.48. The topological polar surface area (TPSA) is 115 Å². The molecule has 0 bridgehead atoms. The Labute approximate surface area is 155 Å². The molecule has 0 aliphatic heterocycles. The zero-order chi connectivity index (χ0) is 19.7. The van der Waals surface area contributed by atoms with Gasteiger partial charge < -0.3 is 15.0 Å². The Bertz CT molecular complexity index is 1140. The lowest BCUT2D eigenvalue weighted by molar-refractivity contribution is 0.0748. The van der Waals surface area contributed by atoms with Crippen LogP contribution in [0.15, 0.2) is 29.2 Å². The van der Waals surface area contributed by atoms with E-state index in [0.29, 0.717) is 30.9 Å². The van der Waals surface area contributed by atoms with Crippen molar-refractivity contribution in [3.63, 3.8) is 0 Å². The number of pyridine rings is 2. The molecule has 142 valence electrons. The Hall–Kier alpha value is -3.00. The number of nitrogens with one attached hydrogen (secondary N) is 1. The van der Waals surface area contributed by atoms with E-state index in [2.05, 4.69) is 4.98 Å². The highest BCUT2D eigenvalue weighted by Crippen LogP contribution is 2.13. The number of primary amides is 1. The SMILES string of the molecule is Cc1cccn2c(=O)c3cc(C(N)=O)c(=N)n(CCCOC(C)C)c3nc12. The van der Waals surface area contributed by atoms with Crippen molar-refractivity contribution in [2.24, 2.45) is 5.73 Å². The molecule has 0 spiro atoms. The molecule has 3 aromatic rings. The normalized spacial score (nSPS) is 11.6. The van der Waals surface area contributed by atoms with Crippen LogP contribution < -0.4 is 16.8 Å². The van der Waals surface area contributed by atoms with E-state index in [0.717, 1.165) is 5.56 Å². The smallest absolute Gasteiger partial charge is 0.267 e. The lowest BCUT2D eigenvalue weighted by Gasteiger charge is -2.15. The Kier molecular flexibility index (Phi) is 5.09. The molecule has 0 aliphatic rings. The first-order valence-electron chi connectivity index (χ1n) is 8.82. The average Bonchev–Trinajstić information content (AvgIpc) is 2.60. The van der Waals surface area contributed by atoms with Gasteiger partial charge in [-0.05, 0) is 44.9 Å². The van der Waals surface area contributed by atoms with E-state index in [4.69, 9.17) is 15.9 Å². The quantitative estimate of drug-likeness (QED) is 0.504. The maximum absolute atomic E-state index is 13.0. The summed E-state index contributed by atoms with van der Waals surface area (Å²) in [5, 5.41) is 8.64. The van der Waals surface area contributed by atoms with Crippen molar-refractivity contribution in [1.82, 2.24) is 14.0 Å². The number of carbonyl (C=O) groups excluding carboxylic acids is 1. The van der Waals surface area contributed by atoms with Crippen LogP contribution in [0.3, 0.4) is 0 Å². The summed E-state index contributed by atoms with van der Waals surface area (Å²) in [4.78, 5) is 29.4. The van der Waals surface area contributed by atoms with Crippen LogP contribution in [-0.2, 0) is 11.3 Å². The van der Waals surface area contributed by atoms with Gasteiger partial charge >= 0.3 is 0 Å². The van der Waals surface area contributed by atoms with Gasteiger partial charge in [0.15, 0.2) is 0 Å². The second-order valence-corrected chi connectivity index (χ2v) is 6.73. The van der Waals surface area contributed by atoms with Gasteiger partial charge in [0.1, 0.15) is 16.8 Å². The lowest BCUT2D eigenvalue weighted by Crippen LogP contribution is -2.32. The molecule has 0 aromatic carbocycles. The van der Waals surface area contributed by atoms with Crippen molar-refractivity contribution < 1.29 is 9.53 Å². The van der Waals surface area contributed by atoms with Gasteiger partial charge in [0.25, 0.3) is 11.5 Å². The van der Waals surface area contributed by atoms with Gasteiger partial charge in [-0.1, -0.05) is 6.07 Å². The van der Waals surface area contributed by atoms with Crippen molar-refractivity contribution in [1.29, 1.82) is 5.41 Å². The van der Waals surface area contributed by atoms with Crippen molar-refractivity contribution in [2.45, 2.75) is 39.8 Å². The minimum absolute atomic E-state index is 0.00113. The zero-order valence-corrected chi connectivity index (χ0v) is 15.7. The monoisotopic (exact) mass is 369 g/mol. The summed E-state index contributed by atoms with van der Waals surface area (Å²) in [6.07, 6.45) is 2.35. The minimum Gasteiger partial charge on any atom is -0.379 e. The zero-order valence-electron chi connectivity index (χ0n) is 15.7. The Morgan fingerprint density at radius 3 is 2.78 bits per heavy atom. The van der Waals surface area contributed by atoms with Crippen LogP contribution in [0, 0.1) is 12.3 Å². The van der Waals surface area contributed by atoms with Gasteiger partial charge in [0, 0.05) is 19.3 Å². The predicted octanol–water partition coefficient (Wildman–Crippen LogP) is 1.35. The third-order valence-electron chi connectivity index (χ3n) is 4.38. The second kappa shape index (κ2) is 7.32. The minimum atomic E-state index is -0.747. The highest BCUT2D eigenvalue weighted by atomic mass is 16.5. The standard InChI is InChI=1S/C19H23N5O3/c1-11(2)27-9-5-8-23-15(20)13(16(21)25)10-14-18(23)22-17-12(3)6-4-7-24(17)19(14)26/h4,6-7,10-11,20H,5,8-9H2,1-3H3,(H2,21,25). The molecule has 1 amide bonds. The molecular weight excluding hydrogens is 346 g/mol. The second-order valence-electron chi connectivity index (χ2n) is 6.73. The fourth-order valence-electron chi connectivity index (χ4n) is 3.04. The van der Waals surface area contributed by atoms with E-state index >= 15 is 0 Å². The van der Waals surface area contributed by atoms with Crippen molar-refractivity contribution in [3.8, 4) is 0 Å². The summed E-state index contributed by atoms with van der Waals surface area (Å²) in [7, 11) is 0. The van der Waals surface area contributed by atoms with E-state index in [9.17, 15) is 9.59 Å². The Morgan fingerprint density at radius 1 is 1.37 bits per heavy atom.